The zero-order valence-corrected chi connectivity index (χ0v) is 12.6. The lowest BCUT2D eigenvalue weighted by Gasteiger charge is -2.28. The molecule has 5 heteroatoms. The van der Waals surface area contributed by atoms with Crippen LogP contribution in [0.3, 0.4) is 0 Å². The van der Waals surface area contributed by atoms with E-state index in [-0.39, 0.29) is 18.5 Å². The molecule has 0 spiro atoms. The third-order valence-electron chi connectivity index (χ3n) is 2.72. The maximum Gasteiger partial charge on any atom is 0.410 e. The molecule has 1 unspecified atom stereocenters. The van der Waals surface area contributed by atoms with E-state index in [1.165, 1.54) is 4.90 Å². The molecular formula is C13H26N2O3. The summed E-state index contributed by atoms with van der Waals surface area (Å²) in [5.74, 6) is -0.0855. The van der Waals surface area contributed by atoms with Gasteiger partial charge in [0.2, 0.25) is 5.91 Å². The van der Waals surface area contributed by atoms with Crippen LogP contribution in [0.1, 0.15) is 41.0 Å². The molecule has 0 saturated carbocycles. The average molecular weight is 258 g/mol. The van der Waals surface area contributed by atoms with Gasteiger partial charge in [0, 0.05) is 20.1 Å². The van der Waals surface area contributed by atoms with Crippen molar-refractivity contribution in [2.24, 2.45) is 0 Å². The molecule has 0 heterocycles. The van der Waals surface area contributed by atoms with E-state index in [2.05, 4.69) is 0 Å². The van der Waals surface area contributed by atoms with Crippen LogP contribution >= 0.6 is 0 Å². The predicted molar refractivity (Wildman–Crippen MR) is 71.4 cm³/mol. The zero-order chi connectivity index (χ0) is 14.5. The minimum Gasteiger partial charge on any atom is -0.444 e. The summed E-state index contributed by atoms with van der Waals surface area (Å²) in [6.45, 7) is 9.43. The summed E-state index contributed by atoms with van der Waals surface area (Å²) in [6.07, 6.45) is 0.409. The number of carbonyl (C=O) groups excluding carboxylic acids is 2. The second-order valence-electron chi connectivity index (χ2n) is 5.60. The fraction of sp³-hybridized carbons (Fsp3) is 0.846. The highest BCUT2D eigenvalue weighted by molar-refractivity contribution is 5.82. The van der Waals surface area contributed by atoms with Crippen molar-refractivity contribution in [3.8, 4) is 0 Å². The Morgan fingerprint density at radius 1 is 1.22 bits per heavy atom. The second kappa shape index (κ2) is 6.61. The molecule has 5 nitrogen and oxygen atoms in total. The van der Waals surface area contributed by atoms with Gasteiger partial charge in [0.05, 0.1) is 0 Å². The molecule has 0 aromatic rings. The number of hydrogen-bond acceptors (Lipinski definition) is 3. The van der Waals surface area contributed by atoms with Gasteiger partial charge in [-0.25, -0.2) is 4.79 Å². The highest BCUT2D eigenvalue weighted by Gasteiger charge is 2.23. The van der Waals surface area contributed by atoms with Gasteiger partial charge in [-0.1, -0.05) is 6.92 Å². The molecule has 0 radical (unpaired) electrons. The van der Waals surface area contributed by atoms with Crippen LogP contribution in [0.4, 0.5) is 4.79 Å². The van der Waals surface area contributed by atoms with Crippen molar-refractivity contribution in [1.82, 2.24) is 9.80 Å². The van der Waals surface area contributed by atoms with Crippen molar-refractivity contribution in [2.45, 2.75) is 52.7 Å². The van der Waals surface area contributed by atoms with Crippen LogP contribution in [0.5, 0.6) is 0 Å². The SMILES string of the molecule is CCC(C)N(C)C(=O)CN(C)C(=O)OC(C)(C)C. The number of amides is 2. The van der Waals surface area contributed by atoms with Gasteiger partial charge in [0.15, 0.2) is 0 Å². The van der Waals surface area contributed by atoms with Gasteiger partial charge in [-0.2, -0.15) is 0 Å². The van der Waals surface area contributed by atoms with Crippen molar-refractivity contribution in [1.29, 1.82) is 0 Å². The van der Waals surface area contributed by atoms with Crippen LogP contribution in [-0.4, -0.2) is 54.1 Å². The Morgan fingerprint density at radius 2 is 1.72 bits per heavy atom. The van der Waals surface area contributed by atoms with Crippen molar-refractivity contribution in [3.05, 3.63) is 0 Å². The van der Waals surface area contributed by atoms with Gasteiger partial charge in [0.1, 0.15) is 12.1 Å². The lowest BCUT2D eigenvalue weighted by atomic mass is 10.2. The zero-order valence-electron chi connectivity index (χ0n) is 12.6. The Kier molecular flexibility index (Phi) is 6.15. The van der Waals surface area contributed by atoms with E-state index in [4.69, 9.17) is 4.74 Å². The largest absolute Gasteiger partial charge is 0.444 e. The lowest BCUT2D eigenvalue weighted by molar-refractivity contribution is -0.132. The monoisotopic (exact) mass is 258 g/mol. The Balaban J connectivity index is 4.35. The highest BCUT2D eigenvalue weighted by atomic mass is 16.6. The maximum absolute atomic E-state index is 11.9. The van der Waals surface area contributed by atoms with E-state index in [0.717, 1.165) is 6.42 Å². The molecule has 1 atom stereocenters. The topological polar surface area (TPSA) is 49.9 Å². The molecule has 2 amide bonds. The van der Waals surface area contributed by atoms with Crippen LogP contribution in [0.15, 0.2) is 0 Å². The molecule has 0 aromatic carbocycles. The summed E-state index contributed by atoms with van der Waals surface area (Å²) in [7, 11) is 3.32. The predicted octanol–water partition coefficient (Wildman–Crippen LogP) is 2.11. The van der Waals surface area contributed by atoms with Crippen LogP contribution in [0, 0.1) is 0 Å². The van der Waals surface area contributed by atoms with E-state index in [9.17, 15) is 9.59 Å². The number of ether oxygens (including phenoxy) is 1. The standard InChI is InChI=1S/C13H26N2O3/c1-8-10(2)15(7)11(16)9-14(6)12(17)18-13(3,4)5/h10H,8-9H2,1-7H3. The fourth-order valence-corrected chi connectivity index (χ4v) is 1.24. The van der Waals surface area contributed by atoms with Gasteiger partial charge >= 0.3 is 6.09 Å². The Labute approximate surface area is 110 Å². The summed E-state index contributed by atoms with van der Waals surface area (Å²) in [4.78, 5) is 26.5. The van der Waals surface area contributed by atoms with Crippen molar-refractivity contribution >= 4 is 12.0 Å². The smallest absolute Gasteiger partial charge is 0.410 e. The van der Waals surface area contributed by atoms with E-state index >= 15 is 0 Å². The van der Waals surface area contributed by atoms with Crippen molar-refractivity contribution in [3.63, 3.8) is 0 Å². The first kappa shape index (κ1) is 16.7. The first-order chi connectivity index (χ1) is 8.08. The van der Waals surface area contributed by atoms with E-state index < -0.39 is 11.7 Å². The molecule has 0 aliphatic carbocycles. The summed E-state index contributed by atoms with van der Waals surface area (Å²) in [5, 5.41) is 0. The van der Waals surface area contributed by atoms with Crippen LogP contribution in [0.25, 0.3) is 0 Å². The molecule has 0 aromatic heterocycles. The third-order valence-corrected chi connectivity index (χ3v) is 2.72. The number of hydrogen-bond donors (Lipinski definition) is 0. The highest BCUT2D eigenvalue weighted by Crippen LogP contribution is 2.09. The fourth-order valence-electron chi connectivity index (χ4n) is 1.24. The second-order valence-corrected chi connectivity index (χ2v) is 5.60. The Morgan fingerprint density at radius 3 is 2.11 bits per heavy atom. The molecule has 0 aliphatic heterocycles. The van der Waals surface area contributed by atoms with Gasteiger partial charge in [-0.3, -0.25) is 4.79 Å². The minimum atomic E-state index is -0.545. The Bertz CT molecular complexity index is 297. The van der Waals surface area contributed by atoms with E-state index in [1.54, 1.807) is 39.8 Å². The van der Waals surface area contributed by atoms with Gasteiger partial charge in [-0.05, 0) is 34.1 Å². The summed E-state index contributed by atoms with van der Waals surface area (Å²) in [5.41, 5.74) is -0.545. The van der Waals surface area contributed by atoms with Crippen LogP contribution in [0.2, 0.25) is 0 Å². The number of rotatable bonds is 4. The summed E-state index contributed by atoms with van der Waals surface area (Å²) < 4.78 is 5.18. The normalized spacial score (nSPS) is 12.8. The van der Waals surface area contributed by atoms with Crippen LogP contribution in [-0.2, 0) is 9.53 Å². The molecule has 0 saturated heterocycles. The molecule has 0 N–H and O–H groups in total. The van der Waals surface area contributed by atoms with E-state index in [0.29, 0.717) is 0 Å². The maximum atomic E-state index is 11.9. The number of carbonyl (C=O) groups is 2. The molecule has 18 heavy (non-hydrogen) atoms. The summed E-state index contributed by atoms with van der Waals surface area (Å²) in [6, 6.07) is 0.171. The summed E-state index contributed by atoms with van der Waals surface area (Å²) >= 11 is 0. The third kappa shape index (κ3) is 5.89. The van der Waals surface area contributed by atoms with Crippen molar-refractivity contribution in [2.75, 3.05) is 20.6 Å². The number of likely N-dealkylation sites (N-methyl/N-ethyl adjacent to an activating group) is 2. The average Bonchev–Trinajstić information content (AvgIpc) is 2.24. The van der Waals surface area contributed by atoms with Crippen molar-refractivity contribution < 1.29 is 14.3 Å². The minimum absolute atomic E-state index is 0.0375. The van der Waals surface area contributed by atoms with Gasteiger partial charge in [0.25, 0.3) is 0 Å². The van der Waals surface area contributed by atoms with Gasteiger partial charge < -0.3 is 14.5 Å². The molecule has 106 valence electrons. The molecule has 0 fully saturated rings. The molecule has 0 bridgehead atoms. The first-order valence-corrected chi connectivity index (χ1v) is 6.28. The van der Waals surface area contributed by atoms with Crippen LogP contribution < -0.4 is 0 Å². The Hall–Kier alpha value is -1.26. The first-order valence-electron chi connectivity index (χ1n) is 6.28. The lowest BCUT2D eigenvalue weighted by Crippen LogP contribution is -2.44. The molecule has 0 rings (SSSR count). The van der Waals surface area contributed by atoms with Gasteiger partial charge in [-0.15, -0.1) is 0 Å². The molecule has 0 aliphatic rings. The van der Waals surface area contributed by atoms with E-state index in [1.807, 2.05) is 13.8 Å². The number of nitrogens with zero attached hydrogens (tertiary/aromatic N) is 2. The molecular weight excluding hydrogens is 232 g/mol. The quantitative estimate of drug-likeness (QED) is 0.776.